The highest BCUT2D eigenvalue weighted by Crippen LogP contribution is 2.27. The van der Waals surface area contributed by atoms with Gasteiger partial charge in [0.15, 0.2) is 5.82 Å². The molecule has 7 nitrogen and oxygen atoms in total. The quantitative estimate of drug-likeness (QED) is 0.659. The molecule has 0 saturated carbocycles. The average Bonchev–Trinajstić information content (AvgIpc) is 3.15. The Balaban J connectivity index is 1.62. The van der Waals surface area contributed by atoms with Crippen molar-refractivity contribution < 1.29 is 4.79 Å². The largest absolute Gasteiger partial charge is 0.358 e. The first kappa shape index (κ1) is 17.1. The number of benzene rings is 1. The number of carbonyl (C=O) groups is 1. The van der Waals surface area contributed by atoms with Crippen molar-refractivity contribution in [1.82, 2.24) is 25.1 Å². The summed E-state index contributed by atoms with van der Waals surface area (Å²) in [5.74, 6) is 1.37. The summed E-state index contributed by atoms with van der Waals surface area (Å²) < 4.78 is 1.63. The maximum absolute atomic E-state index is 12.9. The third kappa shape index (κ3) is 3.08. The molecule has 0 atom stereocenters. The van der Waals surface area contributed by atoms with Gasteiger partial charge in [-0.15, -0.1) is 0 Å². The summed E-state index contributed by atoms with van der Waals surface area (Å²) in [7, 11) is 1.80. The first-order chi connectivity index (χ1) is 12.5. The van der Waals surface area contributed by atoms with Crippen molar-refractivity contribution in [3.63, 3.8) is 0 Å². The topological polar surface area (TPSA) is 87.6 Å². The molecule has 0 unspecified atom stereocenters. The lowest BCUT2D eigenvalue weighted by Crippen LogP contribution is -2.27. The van der Waals surface area contributed by atoms with Crippen LogP contribution in [-0.2, 0) is 7.05 Å². The van der Waals surface area contributed by atoms with Crippen LogP contribution in [-0.4, -0.2) is 38.7 Å². The van der Waals surface area contributed by atoms with E-state index in [-0.39, 0.29) is 5.91 Å². The van der Waals surface area contributed by atoms with Crippen LogP contribution in [0.4, 0.5) is 5.95 Å². The minimum atomic E-state index is -0.219. The number of hydrogen-bond donors (Lipinski definition) is 3. The molecule has 1 amide bonds. The van der Waals surface area contributed by atoms with Crippen LogP contribution >= 0.6 is 11.6 Å². The number of aryl methyl sites for hydroxylation is 2. The third-order valence-corrected chi connectivity index (χ3v) is 5.12. The van der Waals surface area contributed by atoms with Crippen LogP contribution < -0.4 is 10.6 Å². The predicted octanol–water partition coefficient (Wildman–Crippen LogP) is 2.98. The van der Waals surface area contributed by atoms with E-state index in [1.807, 2.05) is 13.0 Å². The lowest BCUT2D eigenvalue weighted by molar-refractivity contribution is 0.102. The molecule has 8 heteroatoms. The van der Waals surface area contributed by atoms with E-state index in [1.165, 1.54) is 0 Å². The third-order valence-electron chi connectivity index (χ3n) is 4.88. The average molecular weight is 373 g/mol. The fourth-order valence-electron chi connectivity index (χ4n) is 3.52. The van der Waals surface area contributed by atoms with Crippen molar-refractivity contribution in [1.29, 1.82) is 0 Å². The Hall–Kier alpha value is -2.38. The van der Waals surface area contributed by atoms with Gasteiger partial charge in [-0.1, -0.05) is 11.6 Å². The lowest BCUT2D eigenvalue weighted by atomic mass is 9.98. The lowest BCUT2D eigenvalue weighted by Gasteiger charge is -2.19. The van der Waals surface area contributed by atoms with Gasteiger partial charge < -0.3 is 10.3 Å². The number of halogens is 1. The first-order valence-electron chi connectivity index (χ1n) is 8.74. The Labute approximate surface area is 156 Å². The molecular weight excluding hydrogens is 352 g/mol. The van der Waals surface area contributed by atoms with Gasteiger partial charge in [0.1, 0.15) is 0 Å². The van der Waals surface area contributed by atoms with Gasteiger partial charge in [0.25, 0.3) is 5.91 Å². The van der Waals surface area contributed by atoms with E-state index < -0.39 is 0 Å². The molecule has 1 aliphatic heterocycles. The Morgan fingerprint density at radius 3 is 2.88 bits per heavy atom. The SMILES string of the molecule is Cc1[nH]c2ccc(Cl)cc2c1C(=O)Nc1nc(C2CCNCC2)nn1C. The molecule has 0 spiro atoms. The highest BCUT2D eigenvalue weighted by atomic mass is 35.5. The van der Waals surface area contributed by atoms with E-state index in [0.29, 0.717) is 22.5 Å². The molecule has 1 fully saturated rings. The number of aromatic amines is 1. The first-order valence-corrected chi connectivity index (χ1v) is 9.11. The van der Waals surface area contributed by atoms with Gasteiger partial charge in [-0.25, -0.2) is 4.68 Å². The molecule has 1 aromatic carbocycles. The molecule has 136 valence electrons. The van der Waals surface area contributed by atoms with Crippen molar-refractivity contribution in [3.8, 4) is 0 Å². The summed E-state index contributed by atoms with van der Waals surface area (Å²) in [5.41, 5.74) is 2.25. The summed E-state index contributed by atoms with van der Waals surface area (Å²) in [6.45, 7) is 3.82. The molecule has 1 saturated heterocycles. The molecule has 3 heterocycles. The van der Waals surface area contributed by atoms with Crippen LogP contribution in [0.3, 0.4) is 0 Å². The van der Waals surface area contributed by atoms with E-state index in [9.17, 15) is 4.79 Å². The Morgan fingerprint density at radius 2 is 2.12 bits per heavy atom. The smallest absolute Gasteiger partial charge is 0.260 e. The zero-order chi connectivity index (χ0) is 18.3. The molecule has 0 radical (unpaired) electrons. The van der Waals surface area contributed by atoms with Crippen LogP contribution in [0, 0.1) is 6.92 Å². The standard InChI is InChI=1S/C18H21ClN6O/c1-10-15(13-9-12(19)3-4-14(13)21-10)17(26)23-18-22-16(24-25(18)2)11-5-7-20-8-6-11/h3-4,9,11,20-21H,5-8H2,1-2H3,(H,22,23,24,26). The molecular formula is C18H21ClN6O. The van der Waals surface area contributed by atoms with Crippen LogP contribution in [0.2, 0.25) is 5.02 Å². The van der Waals surface area contributed by atoms with Gasteiger partial charge in [-0.3, -0.25) is 10.1 Å². The van der Waals surface area contributed by atoms with E-state index in [0.717, 1.165) is 48.4 Å². The van der Waals surface area contributed by atoms with E-state index >= 15 is 0 Å². The summed E-state index contributed by atoms with van der Waals surface area (Å²) in [6, 6.07) is 5.47. The monoisotopic (exact) mass is 372 g/mol. The van der Waals surface area contributed by atoms with Crippen molar-refractivity contribution in [2.45, 2.75) is 25.7 Å². The highest BCUT2D eigenvalue weighted by Gasteiger charge is 2.23. The molecule has 3 N–H and O–H groups in total. The molecule has 3 aromatic rings. The van der Waals surface area contributed by atoms with Gasteiger partial charge in [0, 0.05) is 34.6 Å². The van der Waals surface area contributed by atoms with Gasteiger partial charge in [0.2, 0.25) is 5.95 Å². The number of nitrogens with zero attached hydrogens (tertiary/aromatic N) is 3. The van der Waals surface area contributed by atoms with E-state index in [4.69, 9.17) is 11.6 Å². The predicted molar refractivity (Wildman–Crippen MR) is 102 cm³/mol. The second-order valence-corrected chi connectivity index (χ2v) is 7.15. The Kier molecular flexibility index (Phi) is 4.42. The number of nitrogens with one attached hydrogen (secondary N) is 3. The zero-order valence-electron chi connectivity index (χ0n) is 14.8. The van der Waals surface area contributed by atoms with Crippen LogP contribution in [0.15, 0.2) is 18.2 Å². The maximum Gasteiger partial charge on any atom is 0.260 e. The minimum Gasteiger partial charge on any atom is -0.358 e. The van der Waals surface area contributed by atoms with Gasteiger partial charge in [-0.2, -0.15) is 10.1 Å². The number of carbonyl (C=O) groups excluding carboxylic acids is 1. The summed E-state index contributed by atoms with van der Waals surface area (Å²) >= 11 is 6.10. The Morgan fingerprint density at radius 1 is 1.35 bits per heavy atom. The molecule has 1 aliphatic rings. The number of aromatic nitrogens is 4. The molecule has 4 rings (SSSR count). The summed E-state index contributed by atoms with van der Waals surface area (Å²) in [6.07, 6.45) is 2.02. The number of fused-ring (bicyclic) bond motifs is 1. The van der Waals surface area contributed by atoms with Crippen LogP contribution in [0.25, 0.3) is 10.9 Å². The van der Waals surface area contributed by atoms with Crippen molar-refractivity contribution in [3.05, 3.63) is 40.3 Å². The molecule has 0 aliphatic carbocycles. The van der Waals surface area contributed by atoms with E-state index in [1.54, 1.807) is 23.9 Å². The molecule has 2 aromatic heterocycles. The normalized spacial score (nSPS) is 15.5. The van der Waals surface area contributed by atoms with Gasteiger partial charge in [0.05, 0.1) is 5.56 Å². The number of anilines is 1. The fourth-order valence-corrected chi connectivity index (χ4v) is 3.69. The summed E-state index contributed by atoms with van der Waals surface area (Å²) in [5, 5.41) is 12.1. The van der Waals surface area contributed by atoms with Crippen LogP contribution in [0.5, 0.6) is 0 Å². The fraction of sp³-hybridized carbons (Fsp3) is 0.389. The van der Waals surface area contributed by atoms with Gasteiger partial charge >= 0.3 is 0 Å². The Bertz CT molecular complexity index is 970. The minimum absolute atomic E-state index is 0.219. The number of amides is 1. The molecule has 26 heavy (non-hydrogen) atoms. The maximum atomic E-state index is 12.9. The number of hydrogen-bond acceptors (Lipinski definition) is 4. The number of H-pyrrole nitrogens is 1. The van der Waals surface area contributed by atoms with Crippen molar-refractivity contribution in [2.75, 3.05) is 18.4 Å². The van der Waals surface area contributed by atoms with Crippen LogP contribution in [0.1, 0.15) is 40.6 Å². The second kappa shape index (κ2) is 6.74. The van der Waals surface area contributed by atoms with Crippen molar-refractivity contribution >= 4 is 34.4 Å². The number of piperidine rings is 1. The number of rotatable bonds is 3. The zero-order valence-corrected chi connectivity index (χ0v) is 15.5. The molecule has 0 bridgehead atoms. The summed E-state index contributed by atoms with van der Waals surface area (Å²) in [4.78, 5) is 20.7. The van der Waals surface area contributed by atoms with E-state index in [2.05, 4.69) is 25.7 Å². The highest BCUT2D eigenvalue weighted by molar-refractivity contribution is 6.31. The van der Waals surface area contributed by atoms with Crippen molar-refractivity contribution in [2.24, 2.45) is 7.05 Å². The second-order valence-electron chi connectivity index (χ2n) is 6.71. The van der Waals surface area contributed by atoms with Gasteiger partial charge in [-0.05, 0) is 51.1 Å².